The number of allylic oxidation sites excluding steroid dienone is 1. The second kappa shape index (κ2) is 9.48. The summed E-state index contributed by atoms with van der Waals surface area (Å²) in [5, 5.41) is 15.1. The van der Waals surface area contributed by atoms with Crippen LogP contribution in [-0.4, -0.2) is 48.5 Å². The lowest BCUT2D eigenvalue weighted by atomic mass is 10.1. The van der Waals surface area contributed by atoms with Crippen LogP contribution in [0.15, 0.2) is 22.7 Å². The van der Waals surface area contributed by atoms with Crippen molar-refractivity contribution in [2.75, 3.05) is 29.1 Å². The molecule has 1 aromatic rings. The lowest BCUT2D eigenvalue weighted by Crippen LogP contribution is -2.32. The van der Waals surface area contributed by atoms with Gasteiger partial charge in [0.05, 0.1) is 17.1 Å². The van der Waals surface area contributed by atoms with Crippen molar-refractivity contribution in [1.29, 1.82) is 5.41 Å². The van der Waals surface area contributed by atoms with Gasteiger partial charge in [0.2, 0.25) is 5.91 Å². The standard InChI is InChI=1S/C21H32N6O/c1-7-16(11-23-6)12-24-17-10-18(27-14(4)8-9-19(27)28)26-20(15(5)22)21(17)25-13(2)3/h7,10-11,13-14,22,25H,8-9,12H2,1-6H3,(H,24,26)/b16-7+,22-15?,23-11-. The lowest BCUT2D eigenvalue weighted by Gasteiger charge is -2.25. The molecule has 0 aromatic carbocycles. The molecule has 1 fully saturated rings. The first-order valence-electron chi connectivity index (χ1n) is 9.78. The van der Waals surface area contributed by atoms with E-state index in [1.807, 2.05) is 46.1 Å². The molecule has 0 aliphatic carbocycles. The number of carbonyl (C=O) groups excluding carboxylic acids is 1. The molecular weight excluding hydrogens is 352 g/mol. The number of aliphatic imine (C=N–C) groups is 1. The normalized spacial score (nSPS) is 17.7. The quantitative estimate of drug-likeness (QED) is 0.593. The molecule has 1 aliphatic heterocycles. The van der Waals surface area contributed by atoms with Crippen molar-refractivity contribution in [3.8, 4) is 0 Å². The Balaban J connectivity index is 2.53. The molecule has 7 heteroatoms. The van der Waals surface area contributed by atoms with E-state index in [1.165, 1.54) is 0 Å². The average molecular weight is 385 g/mol. The molecule has 0 bridgehead atoms. The molecule has 1 amide bonds. The van der Waals surface area contributed by atoms with Crippen molar-refractivity contribution in [3.05, 3.63) is 23.4 Å². The Labute approximate surface area is 167 Å². The van der Waals surface area contributed by atoms with Gasteiger partial charge in [-0.2, -0.15) is 0 Å². The van der Waals surface area contributed by atoms with Crippen LogP contribution in [0.4, 0.5) is 17.2 Å². The van der Waals surface area contributed by atoms with Gasteiger partial charge in [0.25, 0.3) is 0 Å². The molecule has 1 aromatic heterocycles. The third kappa shape index (κ3) is 4.97. The summed E-state index contributed by atoms with van der Waals surface area (Å²) in [4.78, 5) is 22.9. The van der Waals surface area contributed by atoms with E-state index in [1.54, 1.807) is 18.9 Å². The third-order valence-corrected chi connectivity index (χ3v) is 4.68. The van der Waals surface area contributed by atoms with E-state index in [0.717, 1.165) is 23.4 Å². The average Bonchev–Trinajstić information content (AvgIpc) is 2.97. The van der Waals surface area contributed by atoms with Crippen molar-refractivity contribution in [2.24, 2.45) is 4.99 Å². The largest absolute Gasteiger partial charge is 0.379 e. The van der Waals surface area contributed by atoms with Gasteiger partial charge in [-0.15, -0.1) is 0 Å². The predicted octanol–water partition coefficient (Wildman–Crippen LogP) is 3.86. The van der Waals surface area contributed by atoms with E-state index in [4.69, 9.17) is 5.41 Å². The van der Waals surface area contributed by atoms with E-state index in [0.29, 0.717) is 30.2 Å². The van der Waals surface area contributed by atoms with E-state index in [-0.39, 0.29) is 18.0 Å². The van der Waals surface area contributed by atoms with Crippen LogP contribution < -0.4 is 15.5 Å². The molecule has 2 heterocycles. The van der Waals surface area contributed by atoms with Gasteiger partial charge in [0.15, 0.2) is 0 Å². The fourth-order valence-electron chi connectivity index (χ4n) is 3.27. The summed E-state index contributed by atoms with van der Waals surface area (Å²) in [7, 11) is 1.75. The first-order valence-corrected chi connectivity index (χ1v) is 9.78. The first-order chi connectivity index (χ1) is 13.3. The molecule has 1 unspecified atom stereocenters. The van der Waals surface area contributed by atoms with Crippen molar-refractivity contribution < 1.29 is 4.79 Å². The van der Waals surface area contributed by atoms with Crippen LogP contribution in [0.3, 0.4) is 0 Å². The molecule has 152 valence electrons. The minimum atomic E-state index is 0.0800. The Morgan fingerprint density at radius 2 is 2.21 bits per heavy atom. The smallest absolute Gasteiger partial charge is 0.228 e. The number of anilines is 3. The number of hydrogen-bond acceptors (Lipinski definition) is 6. The summed E-state index contributed by atoms with van der Waals surface area (Å²) in [6.45, 7) is 10.4. The minimum Gasteiger partial charge on any atom is -0.379 e. The fourth-order valence-corrected chi connectivity index (χ4v) is 3.27. The summed E-state index contributed by atoms with van der Waals surface area (Å²) in [5.41, 5.74) is 3.58. The van der Waals surface area contributed by atoms with Gasteiger partial charge in [0.1, 0.15) is 11.5 Å². The SMILES string of the molecule is C/C=C(\C=N/C)CNc1cc(N2C(=O)CCC2C)nc(C(C)=N)c1NC(C)C. The van der Waals surface area contributed by atoms with Crippen LogP contribution >= 0.6 is 0 Å². The van der Waals surface area contributed by atoms with Gasteiger partial charge in [-0.1, -0.05) is 6.08 Å². The topological polar surface area (TPSA) is 93.5 Å². The maximum absolute atomic E-state index is 12.4. The Hall–Kier alpha value is -2.70. The molecule has 0 radical (unpaired) electrons. The van der Waals surface area contributed by atoms with Gasteiger partial charge in [0, 0.05) is 44.4 Å². The van der Waals surface area contributed by atoms with Crippen LogP contribution in [0, 0.1) is 5.41 Å². The number of nitrogens with one attached hydrogen (secondary N) is 3. The van der Waals surface area contributed by atoms with Gasteiger partial charge < -0.3 is 16.0 Å². The number of pyridine rings is 1. The van der Waals surface area contributed by atoms with Crippen LogP contribution in [0.2, 0.25) is 0 Å². The molecule has 1 atom stereocenters. The zero-order valence-electron chi connectivity index (χ0n) is 17.8. The number of hydrogen-bond donors (Lipinski definition) is 3. The number of aromatic nitrogens is 1. The summed E-state index contributed by atoms with van der Waals surface area (Å²) < 4.78 is 0. The van der Waals surface area contributed by atoms with E-state index >= 15 is 0 Å². The van der Waals surface area contributed by atoms with Crippen molar-refractivity contribution >= 4 is 35.0 Å². The summed E-state index contributed by atoms with van der Waals surface area (Å²) in [6.07, 6.45) is 5.18. The summed E-state index contributed by atoms with van der Waals surface area (Å²) >= 11 is 0. The number of amides is 1. The van der Waals surface area contributed by atoms with Gasteiger partial charge in [-0.05, 0) is 46.6 Å². The Morgan fingerprint density at radius 3 is 2.71 bits per heavy atom. The van der Waals surface area contributed by atoms with Crippen LogP contribution in [0.1, 0.15) is 53.2 Å². The maximum atomic E-state index is 12.4. The van der Waals surface area contributed by atoms with Crippen molar-refractivity contribution in [1.82, 2.24) is 4.98 Å². The Morgan fingerprint density at radius 1 is 1.50 bits per heavy atom. The van der Waals surface area contributed by atoms with Crippen molar-refractivity contribution in [2.45, 2.75) is 59.5 Å². The second-order valence-electron chi connectivity index (χ2n) is 7.43. The summed E-state index contributed by atoms with van der Waals surface area (Å²) in [6, 6.07) is 2.19. The van der Waals surface area contributed by atoms with Crippen molar-refractivity contribution in [3.63, 3.8) is 0 Å². The molecule has 3 N–H and O–H groups in total. The van der Waals surface area contributed by atoms with Gasteiger partial charge in [-0.25, -0.2) is 4.98 Å². The maximum Gasteiger partial charge on any atom is 0.228 e. The molecular formula is C21H32N6O. The van der Waals surface area contributed by atoms with E-state index in [9.17, 15) is 4.79 Å². The highest BCUT2D eigenvalue weighted by Gasteiger charge is 2.31. The highest BCUT2D eigenvalue weighted by atomic mass is 16.2. The summed E-state index contributed by atoms with van der Waals surface area (Å²) in [5.74, 6) is 0.677. The molecule has 28 heavy (non-hydrogen) atoms. The second-order valence-corrected chi connectivity index (χ2v) is 7.43. The highest BCUT2D eigenvalue weighted by molar-refractivity contribution is 6.04. The minimum absolute atomic E-state index is 0.0800. The monoisotopic (exact) mass is 384 g/mol. The number of carbonyl (C=O) groups is 1. The Kier molecular flexibility index (Phi) is 7.31. The third-order valence-electron chi connectivity index (χ3n) is 4.68. The highest BCUT2D eigenvalue weighted by Crippen LogP contribution is 2.34. The van der Waals surface area contributed by atoms with E-state index < -0.39 is 0 Å². The molecule has 1 aliphatic rings. The predicted molar refractivity (Wildman–Crippen MR) is 118 cm³/mol. The first kappa shape index (κ1) is 21.6. The van der Waals surface area contributed by atoms with Crippen LogP contribution in [0.25, 0.3) is 0 Å². The molecule has 7 nitrogen and oxygen atoms in total. The number of nitrogens with zero attached hydrogens (tertiary/aromatic N) is 3. The number of rotatable bonds is 8. The molecule has 0 saturated carbocycles. The molecule has 1 saturated heterocycles. The van der Waals surface area contributed by atoms with Crippen LogP contribution in [-0.2, 0) is 4.79 Å². The fraction of sp³-hybridized carbons (Fsp3) is 0.524. The lowest BCUT2D eigenvalue weighted by molar-refractivity contribution is -0.117. The van der Waals surface area contributed by atoms with E-state index in [2.05, 4.69) is 20.6 Å². The van der Waals surface area contributed by atoms with Gasteiger partial charge >= 0.3 is 0 Å². The zero-order chi connectivity index (χ0) is 20.8. The molecule has 0 spiro atoms. The molecule has 2 rings (SSSR count). The zero-order valence-corrected chi connectivity index (χ0v) is 17.8. The Bertz CT molecular complexity index is 796. The van der Waals surface area contributed by atoms with Gasteiger partial charge in [-0.3, -0.25) is 14.7 Å². The van der Waals surface area contributed by atoms with Crippen LogP contribution in [0.5, 0.6) is 0 Å².